The highest BCUT2D eigenvalue weighted by Gasteiger charge is 2.05. The summed E-state index contributed by atoms with van der Waals surface area (Å²) < 4.78 is 18.8. The van der Waals surface area contributed by atoms with Crippen molar-refractivity contribution in [1.82, 2.24) is 5.32 Å². The van der Waals surface area contributed by atoms with Gasteiger partial charge in [0.2, 0.25) is 0 Å². The molecule has 0 aliphatic carbocycles. The number of amides is 1. The van der Waals surface area contributed by atoms with Gasteiger partial charge < -0.3 is 20.3 Å². The summed E-state index contributed by atoms with van der Waals surface area (Å²) >= 11 is 0. The molecule has 0 radical (unpaired) electrons. The number of halogens is 1. The molecule has 0 spiro atoms. The van der Waals surface area contributed by atoms with E-state index in [-0.39, 0.29) is 31.4 Å². The lowest BCUT2D eigenvalue weighted by molar-refractivity contribution is -0.137. The van der Waals surface area contributed by atoms with Crippen molar-refractivity contribution in [3.05, 3.63) is 65.5 Å². The van der Waals surface area contributed by atoms with E-state index in [9.17, 15) is 14.0 Å². The zero-order valence-electron chi connectivity index (χ0n) is 15.9. The quantitative estimate of drug-likeness (QED) is 0.611. The number of carbonyl (C=O) groups is 2. The number of aliphatic carboxylic acids is 1. The van der Waals surface area contributed by atoms with Gasteiger partial charge in [0.15, 0.2) is 6.61 Å². The number of ether oxygens (including phenoxy) is 1. The van der Waals surface area contributed by atoms with Crippen LogP contribution in [0.4, 0.5) is 4.39 Å². The van der Waals surface area contributed by atoms with Crippen molar-refractivity contribution in [1.29, 1.82) is 0 Å². The summed E-state index contributed by atoms with van der Waals surface area (Å²) in [5.41, 5.74) is 1.45. The Hall–Kier alpha value is -2.93. The normalized spacial score (nSPS) is 9.82. The number of hydrogen-bond acceptors (Lipinski definition) is 4. The number of nitrogens with one attached hydrogen (secondary N) is 1. The zero-order valence-corrected chi connectivity index (χ0v) is 15.9. The fourth-order valence-corrected chi connectivity index (χ4v) is 2.24. The molecule has 0 aromatic heterocycles. The monoisotopic (exact) mass is 391 g/mol. The number of benzene rings is 2. The van der Waals surface area contributed by atoms with E-state index in [2.05, 4.69) is 5.32 Å². The molecule has 2 rings (SSSR count). The lowest BCUT2D eigenvalue weighted by Gasteiger charge is -2.08. The number of carboxylic acid groups (broad SMARTS) is 1. The molecule has 6 nitrogen and oxygen atoms in total. The predicted molar refractivity (Wildman–Crippen MR) is 104 cm³/mol. The van der Waals surface area contributed by atoms with Crippen LogP contribution < -0.4 is 10.1 Å². The number of carboxylic acids is 1. The highest BCUT2D eigenvalue weighted by molar-refractivity contribution is 5.77. The van der Waals surface area contributed by atoms with Gasteiger partial charge in [0.25, 0.3) is 5.91 Å². The van der Waals surface area contributed by atoms with Gasteiger partial charge in [-0.1, -0.05) is 30.3 Å². The van der Waals surface area contributed by atoms with E-state index < -0.39 is 5.97 Å². The fourth-order valence-electron chi connectivity index (χ4n) is 2.24. The van der Waals surface area contributed by atoms with Crippen molar-refractivity contribution >= 4 is 11.9 Å². The first kappa shape index (κ1) is 23.1. The summed E-state index contributed by atoms with van der Waals surface area (Å²) in [7, 11) is 0. The Morgan fingerprint density at radius 2 is 1.71 bits per heavy atom. The molecule has 0 unspecified atom stereocenters. The minimum absolute atomic E-state index is 0.0740. The average molecular weight is 391 g/mol. The molecule has 0 fully saturated rings. The topological polar surface area (TPSA) is 95.9 Å². The SMILES string of the molecule is CCO.O=C(O)CCc1ccc(OCC(=O)NCCc2ccccc2F)cc1. The molecule has 152 valence electrons. The Bertz CT molecular complexity index is 734. The van der Waals surface area contributed by atoms with E-state index >= 15 is 0 Å². The molecule has 0 heterocycles. The Kier molecular flexibility index (Phi) is 11.0. The minimum atomic E-state index is -0.840. The number of rotatable bonds is 9. The van der Waals surface area contributed by atoms with E-state index in [0.29, 0.717) is 30.7 Å². The third-order valence-corrected chi connectivity index (χ3v) is 3.60. The molecule has 7 heteroatoms. The Morgan fingerprint density at radius 1 is 1.07 bits per heavy atom. The van der Waals surface area contributed by atoms with Crippen molar-refractivity contribution < 1.29 is 28.9 Å². The molecule has 0 bridgehead atoms. The minimum Gasteiger partial charge on any atom is -0.484 e. The maximum atomic E-state index is 13.4. The molecule has 0 aliphatic heterocycles. The molecule has 2 aromatic carbocycles. The zero-order chi connectivity index (χ0) is 20.8. The predicted octanol–water partition coefficient (Wildman–Crippen LogP) is 2.58. The molecule has 0 aliphatic rings. The van der Waals surface area contributed by atoms with Gasteiger partial charge in [0.1, 0.15) is 11.6 Å². The molecule has 2 aromatic rings. The summed E-state index contributed by atoms with van der Waals surface area (Å²) in [5, 5.41) is 18.9. The van der Waals surface area contributed by atoms with Crippen molar-refractivity contribution in [3.63, 3.8) is 0 Å². The van der Waals surface area contributed by atoms with Gasteiger partial charge in [-0.15, -0.1) is 0 Å². The Balaban J connectivity index is 0.00000122. The molecule has 0 atom stereocenters. The third-order valence-electron chi connectivity index (χ3n) is 3.60. The van der Waals surface area contributed by atoms with Crippen molar-refractivity contribution in [3.8, 4) is 5.75 Å². The summed E-state index contributed by atoms with van der Waals surface area (Å²) in [6.07, 6.45) is 0.938. The van der Waals surface area contributed by atoms with Crippen LogP contribution in [0.25, 0.3) is 0 Å². The van der Waals surface area contributed by atoms with Gasteiger partial charge in [-0.2, -0.15) is 0 Å². The third kappa shape index (κ3) is 9.68. The lowest BCUT2D eigenvalue weighted by Crippen LogP contribution is -2.30. The van der Waals surface area contributed by atoms with Crippen LogP contribution in [0.2, 0.25) is 0 Å². The van der Waals surface area contributed by atoms with Crippen LogP contribution >= 0.6 is 0 Å². The van der Waals surface area contributed by atoms with Crippen LogP contribution in [-0.2, 0) is 22.4 Å². The second kappa shape index (κ2) is 13.3. The van der Waals surface area contributed by atoms with E-state index in [0.717, 1.165) is 5.56 Å². The number of aliphatic hydroxyl groups excluding tert-OH is 1. The van der Waals surface area contributed by atoms with Crippen molar-refractivity contribution in [2.24, 2.45) is 0 Å². The number of aliphatic hydroxyl groups is 1. The van der Waals surface area contributed by atoms with Gasteiger partial charge in [0.05, 0.1) is 0 Å². The summed E-state index contributed by atoms with van der Waals surface area (Å²) in [6, 6.07) is 13.4. The molecule has 1 amide bonds. The molecule has 0 saturated carbocycles. The largest absolute Gasteiger partial charge is 0.484 e. The van der Waals surface area contributed by atoms with E-state index in [1.807, 2.05) is 0 Å². The first-order valence-electron chi connectivity index (χ1n) is 9.00. The van der Waals surface area contributed by atoms with Gasteiger partial charge in [-0.05, 0) is 49.1 Å². The number of hydrogen-bond donors (Lipinski definition) is 3. The second-order valence-corrected chi connectivity index (χ2v) is 5.83. The van der Waals surface area contributed by atoms with Crippen molar-refractivity contribution in [2.75, 3.05) is 19.8 Å². The van der Waals surface area contributed by atoms with Crippen molar-refractivity contribution in [2.45, 2.75) is 26.2 Å². The van der Waals surface area contributed by atoms with Crippen LogP contribution in [0.1, 0.15) is 24.5 Å². The molecular weight excluding hydrogens is 365 g/mol. The maximum absolute atomic E-state index is 13.4. The Morgan fingerprint density at radius 3 is 2.32 bits per heavy atom. The van der Waals surface area contributed by atoms with Crippen LogP contribution in [-0.4, -0.2) is 41.8 Å². The number of aryl methyl sites for hydroxylation is 1. The first-order chi connectivity index (χ1) is 13.5. The smallest absolute Gasteiger partial charge is 0.303 e. The van der Waals surface area contributed by atoms with Gasteiger partial charge in [-0.25, -0.2) is 4.39 Å². The second-order valence-electron chi connectivity index (χ2n) is 5.83. The van der Waals surface area contributed by atoms with Crippen LogP contribution in [0.5, 0.6) is 5.75 Å². The Labute approximate surface area is 164 Å². The van der Waals surface area contributed by atoms with Gasteiger partial charge >= 0.3 is 5.97 Å². The number of carbonyl (C=O) groups excluding carboxylic acids is 1. The summed E-state index contributed by atoms with van der Waals surface area (Å²) in [6.45, 7) is 2.13. The maximum Gasteiger partial charge on any atom is 0.303 e. The first-order valence-corrected chi connectivity index (χ1v) is 9.00. The summed E-state index contributed by atoms with van der Waals surface area (Å²) in [4.78, 5) is 22.3. The van der Waals surface area contributed by atoms with E-state index in [1.165, 1.54) is 6.07 Å². The lowest BCUT2D eigenvalue weighted by atomic mass is 10.1. The molecular formula is C21H26FNO5. The van der Waals surface area contributed by atoms with Crippen LogP contribution in [0, 0.1) is 5.82 Å². The highest BCUT2D eigenvalue weighted by atomic mass is 19.1. The molecule has 28 heavy (non-hydrogen) atoms. The molecule has 3 N–H and O–H groups in total. The fraction of sp³-hybridized carbons (Fsp3) is 0.333. The standard InChI is InChI=1S/C19H20FNO4.C2H6O/c20-17-4-2-1-3-15(17)11-12-21-18(22)13-25-16-8-5-14(6-9-16)7-10-19(23)24;1-2-3/h1-6,8-9H,7,10-13H2,(H,21,22)(H,23,24);3H,2H2,1H3. The summed E-state index contributed by atoms with van der Waals surface area (Å²) in [5.74, 6) is -0.877. The molecule has 0 saturated heterocycles. The average Bonchev–Trinajstić information content (AvgIpc) is 2.67. The van der Waals surface area contributed by atoms with Crippen LogP contribution in [0.3, 0.4) is 0 Å². The van der Waals surface area contributed by atoms with Crippen LogP contribution in [0.15, 0.2) is 48.5 Å². The highest BCUT2D eigenvalue weighted by Crippen LogP contribution is 2.13. The van der Waals surface area contributed by atoms with E-state index in [4.69, 9.17) is 14.9 Å². The van der Waals surface area contributed by atoms with E-state index in [1.54, 1.807) is 49.4 Å². The van der Waals surface area contributed by atoms with Gasteiger partial charge in [-0.3, -0.25) is 9.59 Å². The van der Waals surface area contributed by atoms with Gasteiger partial charge in [0, 0.05) is 19.6 Å².